The Bertz CT molecular complexity index is 741. The number of aryl methyl sites for hydroxylation is 2. The summed E-state index contributed by atoms with van der Waals surface area (Å²) < 4.78 is 18.6. The minimum Gasteiger partial charge on any atom is -0.449 e. The molecule has 0 saturated heterocycles. The smallest absolute Gasteiger partial charge is 0.339 e. The highest BCUT2D eigenvalue weighted by Gasteiger charge is 2.19. The van der Waals surface area contributed by atoms with Crippen molar-refractivity contribution in [2.75, 3.05) is 0 Å². The molecule has 24 heavy (non-hydrogen) atoms. The van der Waals surface area contributed by atoms with E-state index in [4.69, 9.17) is 4.74 Å². The first-order valence-electron chi connectivity index (χ1n) is 7.67. The number of amides is 1. The van der Waals surface area contributed by atoms with E-state index >= 15 is 0 Å². The predicted molar refractivity (Wildman–Crippen MR) is 89.0 cm³/mol. The van der Waals surface area contributed by atoms with Gasteiger partial charge in [0.05, 0.1) is 5.56 Å². The van der Waals surface area contributed by atoms with Crippen LogP contribution >= 0.6 is 0 Å². The van der Waals surface area contributed by atoms with Crippen molar-refractivity contribution in [2.24, 2.45) is 0 Å². The van der Waals surface area contributed by atoms with Gasteiger partial charge in [-0.1, -0.05) is 35.9 Å². The number of carbonyl (C=O) groups excluding carboxylic acids is 2. The van der Waals surface area contributed by atoms with Crippen LogP contribution in [0.15, 0.2) is 42.5 Å². The quantitative estimate of drug-likeness (QED) is 0.856. The molecule has 2 rings (SSSR count). The number of hydrogen-bond donors (Lipinski definition) is 1. The largest absolute Gasteiger partial charge is 0.449 e. The summed E-state index contributed by atoms with van der Waals surface area (Å²) >= 11 is 0. The van der Waals surface area contributed by atoms with E-state index in [0.717, 1.165) is 17.2 Å². The molecule has 1 N–H and O–H groups in total. The lowest BCUT2D eigenvalue weighted by molar-refractivity contribution is -0.129. The third-order valence-electron chi connectivity index (χ3n) is 3.65. The SMILES string of the molecule is Cc1ccc(CNC(=O)[C@H](C)OC(=O)c2ccc(C)c(F)c2)cc1. The Kier molecular flexibility index (Phi) is 5.68. The summed E-state index contributed by atoms with van der Waals surface area (Å²) in [5.41, 5.74) is 2.61. The van der Waals surface area contributed by atoms with Crippen LogP contribution < -0.4 is 5.32 Å². The summed E-state index contributed by atoms with van der Waals surface area (Å²) in [4.78, 5) is 24.0. The van der Waals surface area contributed by atoms with Gasteiger partial charge in [0.2, 0.25) is 0 Å². The first-order valence-corrected chi connectivity index (χ1v) is 7.67. The molecule has 1 amide bonds. The zero-order valence-electron chi connectivity index (χ0n) is 13.9. The maximum absolute atomic E-state index is 13.5. The second-order valence-corrected chi connectivity index (χ2v) is 5.71. The molecule has 0 aliphatic heterocycles. The molecule has 0 aliphatic rings. The number of carbonyl (C=O) groups is 2. The highest BCUT2D eigenvalue weighted by atomic mass is 19.1. The van der Waals surface area contributed by atoms with Crippen molar-refractivity contribution in [3.8, 4) is 0 Å². The van der Waals surface area contributed by atoms with E-state index in [0.29, 0.717) is 12.1 Å². The van der Waals surface area contributed by atoms with Gasteiger partial charge in [0, 0.05) is 6.54 Å². The van der Waals surface area contributed by atoms with Gasteiger partial charge in [-0.15, -0.1) is 0 Å². The molecule has 4 nitrogen and oxygen atoms in total. The fraction of sp³-hybridized carbons (Fsp3) is 0.263. The lowest BCUT2D eigenvalue weighted by Crippen LogP contribution is -2.35. The van der Waals surface area contributed by atoms with E-state index in [1.165, 1.54) is 19.1 Å². The lowest BCUT2D eigenvalue weighted by atomic mass is 10.1. The predicted octanol–water partition coefficient (Wildman–Crippen LogP) is 3.30. The van der Waals surface area contributed by atoms with Crippen molar-refractivity contribution >= 4 is 11.9 Å². The summed E-state index contributed by atoms with van der Waals surface area (Å²) in [5, 5.41) is 2.71. The van der Waals surface area contributed by atoms with Crippen LogP contribution in [-0.4, -0.2) is 18.0 Å². The van der Waals surface area contributed by atoms with Crippen LogP contribution in [0.3, 0.4) is 0 Å². The Morgan fingerprint density at radius 2 is 1.79 bits per heavy atom. The van der Waals surface area contributed by atoms with Gasteiger partial charge >= 0.3 is 5.97 Å². The molecule has 0 heterocycles. The topological polar surface area (TPSA) is 55.4 Å². The molecule has 0 bridgehead atoms. The van der Waals surface area contributed by atoms with Gasteiger partial charge in [0.15, 0.2) is 6.10 Å². The number of nitrogens with one attached hydrogen (secondary N) is 1. The maximum atomic E-state index is 13.5. The molecule has 0 spiro atoms. The first kappa shape index (κ1) is 17.7. The van der Waals surface area contributed by atoms with Crippen molar-refractivity contribution < 1.29 is 18.7 Å². The van der Waals surface area contributed by atoms with Gasteiger partial charge in [-0.05, 0) is 44.0 Å². The monoisotopic (exact) mass is 329 g/mol. The average molecular weight is 329 g/mol. The molecule has 2 aromatic carbocycles. The molecule has 0 saturated carbocycles. The van der Waals surface area contributed by atoms with Gasteiger partial charge in [-0.25, -0.2) is 9.18 Å². The molecule has 126 valence electrons. The van der Waals surface area contributed by atoms with Crippen LogP contribution in [0.25, 0.3) is 0 Å². The Morgan fingerprint density at radius 1 is 1.12 bits per heavy atom. The summed E-state index contributed by atoms with van der Waals surface area (Å²) in [6.07, 6.45) is -0.965. The van der Waals surface area contributed by atoms with Crippen LogP contribution in [0.4, 0.5) is 4.39 Å². The number of ether oxygens (including phenoxy) is 1. The molecule has 0 aliphatic carbocycles. The van der Waals surface area contributed by atoms with Gasteiger partial charge in [0.1, 0.15) is 5.82 Å². The summed E-state index contributed by atoms with van der Waals surface area (Å²) in [6.45, 7) is 5.41. The van der Waals surface area contributed by atoms with Crippen molar-refractivity contribution in [3.63, 3.8) is 0 Å². The number of hydrogen-bond acceptors (Lipinski definition) is 3. The fourth-order valence-electron chi connectivity index (χ4n) is 2.04. The van der Waals surface area contributed by atoms with E-state index < -0.39 is 23.8 Å². The fourth-order valence-corrected chi connectivity index (χ4v) is 2.04. The standard InChI is InChI=1S/C19H20FNO3/c1-12-4-7-15(8-5-12)11-21-18(22)14(3)24-19(23)16-9-6-13(2)17(20)10-16/h4-10,14H,11H2,1-3H3,(H,21,22)/t14-/m0/s1. The van der Waals surface area contributed by atoms with Crippen LogP contribution in [0.1, 0.15) is 34.0 Å². The molecule has 0 radical (unpaired) electrons. The summed E-state index contributed by atoms with van der Waals surface area (Å²) in [7, 11) is 0. The third kappa shape index (κ3) is 4.65. The Hall–Kier alpha value is -2.69. The van der Waals surface area contributed by atoms with Gasteiger partial charge in [-0.3, -0.25) is 4.79 Å². The molecular weight excluding hydrogens is 309 g/mol. The third-order valence-corrected chi connectivity index (χ3v) is 3.65. The van der Waals surface area contributed by atoms with Crippen molar-refractivity contribution in [2.45, 2.75) is 33.4 Å². The molecule has 2 aromatic rings. The van der Waals surface area contributed by atoms with E-state index in [9.17, 15) is 14.0 Å². The van der Waals surface area contributed by atoms with Crippen LogP contribution in [0.2, 0.25) is 0 Å². The highest BCUT2D eigenvalue weighted by Crippen LogP contribution is 2.11. The van der Waals surface area contributed by atoms with Crippen molar-refractivity contribution in [1.29, 1.82) is 0 Å². The Labute approximate surface area is 140 Å². The van der Waals surface area contributed by atoms with E-state index in [1.54, 1.807) is 6.92 Å². The van der Waals surface area contributed by atoms with E-state index in [-0.39, 0.29) is 5.56 Å². The molecule has 1 atom stereocenters. The normalized spacial score (nSPS) is 11.7. The lowest BCUT2D eigenvalue weighted by Gasteiger charge is -2.14. The number of benzene rings is 2. The second kappa shape index (κ2) is 7.73. The highest BCUT2D eigenvalue weighted by molar-refractivity contribution is 5.92. The minimum atomic E-state index is -0.965. The van der Waals surface area contributed by atoms with Gasteiger partial charge < -0.3 is 10.1 Å². The Balaban J connectivity index is 1.89. The maximum Gasteiger partial charge on any atom is 0.339 e. The molecule has 0 aromatic heterocycles. The van der Waals surface area contributed by atoms with Gasteiger partial charge in [-0.2, -0.15) is 0 Å². The summed E-state index contributed by atoms with van der Waals surface area (Å²) in [6, 6.07) is 11.8. The van der Waals surface area contributed by atoms with Crippen LogP contribution in [0.5, 0.6) is 0 Å². The number of rotatable bonds is 5. The zero-order valence-corrected chi connectivity index (χ0v) is 13.9. The number of halogens is 1. The summed E-state index contributed by atoms with van der Waals surface area (Å²) in [5.74, 6) is -1.62. The molecule has 0 fully saturated rings. The minimum absolute atomic E-state index is 0.0799. The van der Waals surface area contributed by atoms with E-state index in [2.05, 4.69) is 5.32 Å². The molecule has 5 heteroatoms. The number of esters is 1. The second-order valence-electron chi connectivity index (χ2n) is 5.71. The van der Waals surface area contributed by atoms with Gasteiger partial charge in [0.25, 0.3) is 5.91 Å². The zero-order chi connectivity index (χ0) is 17.7. The van der Waals surface area contributed by atoms with Crippen LogP contribution in [-0.2, 0) is 16.1 Å². The van der Waals surface area contributed by atoms with E-state index in [1.807, 2.05) is 31.2 Å². The first-order chi connectivity index (χ1) is 11.4. The average Bonchev–Trinajstić information content (AvgIpc) is 2.56. The van der Waals surface area contributed by atoms with Crippen molar-refractivity contribution in [3.05, 3.63) is 70.5 Å². The Morgan fingerprint density at radius 3 is 2.42 bits per heavy atom. The van der Waals surface area contributed by atoms with Crippen LogP contribution in [0, 0.1) is 19.7 Å². The van der Waals surface area contributed by atoms with Crippen molar-refractivity contribution in [1.82, 2.24) is 5.32 Å². The molecule has 0 unspecified atom stereocenters. The molecular formula is C19H20FNO3.